The third-order valence-electron chi connectivity index (χ3n) is 1.63. The average Bonchev–Trinajstić information content (AvgIpc) is 2.16. The first-order valence-electron chi connectivity index (χ1n) is 3.56. The molecule has 7 heteroatoms. The van der Waals surface area contributed by atoms with Gasteiger partial charge < -0.3 is 0 Å². The third-order valence-corrected chi connectivity index (χ3v) is 1.63. The number of hydrogen-bond donors (Lipinski definition) is 0. The summed E-state index contributed by atoms with van der Waals surface area (Å²) in [4.78, 5) is 19.1. The minimum absolute atomic E-state index is 0.0550. The first-order chi connectivity index (χ1) is 6.56. The number of nitro groups is 2. The Morgan fingerprint density at radius 1 is 1.14 bits per heavy atom. The normalized spacial score (nSPS) is 9.79. The molecule has 0 saturated heterocycles. The summed E-state index contributed by atoms with van der Waals surface area (Å²) < 4.78 is 0. The van der Waals surface area contributed by atoms with Crippen molar-refractivity contribution in [1.29, 1.82) is 0 Å². The Morgan fingerprint density at radius 2 is 1.79 bits per heavy atom. The van der Waals surface area contributed by atoms with Crippen LogP contribution < -0.4 is 0 Å². The Morgan fingerprint density at radius 3 is 2.21 bits per heavy atom. The zero-order valence-corrected chi connectivity index (χ0v) is 6.87. The lowest BCUT2D eigenvalue weighted by Crippen LogP contribution is -1.97. The molecule has 0 aromatic heterocycles. The minimum atomic E-state index is -0.805. The summed E-state index contributed by atoms with van der Waals surface area (Å²) in [6.07, 6.45) is 0. The molecule has 1 radical (unpaired) electrons. The summed E-state index contributed by atoms with van der Waals surface area (Å²) >= 11 is 0. The van der Waals surface area contributed by atoms with Gasteiger partial charge in [-0.05, 0) is 6.07 Å². The molecule has 1 rings (SSSR count). The van der Waals surface area contributed by atoms with Crippen molar-refractivity contribution in [1.82, 2.24) is 0 Å². The van der Waals surface area contributed by atoms with Gasteiger partial charge in [-0.2, -0.15) is 0 Å². The predicted octanol–water partition coefficient (Wildman–Crippen LogP) is 1.43. The highest BCUT2D eigenvalue weighted by molar-refractivity contribution is 5.48. The van der Waals surface area contributed by atoms with Gasteiger partial charge in [0, 0.05) is 6.07 Å². The van der Waals surface area contributed by atoms with E-state index in [-0.39, 0.29) is 5.56 Å². The van der Waals surface area contributed by atoms with Gasteiger partial charge in [0.05, 0.1) is 21.5 Å². The molecule has 0 fully saturated rings. The van der Waals surface area contributed by atoms with Crippen molar-refractivity contribution in [2.45, 2.75) is 6.61 Å². The van der Waals surface area contributed by atoms with E-state index in [1.165, 1.54) is 0 Å². The molecular weight excluding hydrogens is 192 g/mol. The summed E-state index contributed by atoms with van der Waals surface area (Å²) in [6.45, 7) is -0.770. The highest BCUT2D eigenvalue weighted by Gasteiger charge is 2.18. The van der Waals surface area contributed by atoms with Crippen LogP contribution in [0.25, 0.3) is 0 Å². The van der Waals surface area contributed by atoms with Crippen molar-refractivity contribution >= 4 is 11.4 Å². The van der Waals surface area contributed by atoms with Crippen molar-refractivity contribution in [3.8, 4) is 0 Å². The van der Waals surface area contributed by atoms with Gasteiger partial charge in [-0.15, -0.1) is 0 Å². The van der Waals surface area contributed by atoms with Crippen LogP contribution in [0.15, 0.2) is 18.2 Å². The van der Waals surface area contributed by atoms with Gasteiger partial charge in [-0.1, -0.05) is 0 Å². The number of benzene rings is 1. The number of nitrogens with zero attached hydrogens (tertiary/aromatic N) is 2. The molecule has 14 heavy (non-hydrogen) atoms. The maximum absolute atomic E-state index is 10.5. The zero-order valence-electron chi connectivity index (χ0n) is 6.87. The fourth-order valence-corrected chi connectivity index (χ4v) is 0.958. The maximum Gasteiger partial charge on any atom is 0.281 e. The molecule has 0 spiro atoms. The Balaban J connectivity index is 3.27. The molecule has 0 aliphatic carbocycles. The van der Waals surface area contributed by atoms with Crippen LogP contribution in [0, 0.1) is 20.2 Å². The Labute approximate surface area is 77.9 Å². The van der Waals surface area contributed by atoms with Crippen LogP contribution in [-0.4, -0.2) is 9.85 Å². The molecule has 0 aliphatic heterocycles. The lowest BCUT2D eigenvalue weighted by atomic mass is 10.2. The molecule has 0 unspecified atom stereocenters. The van der Waals surface area contributed by atoms with Gasteiger partial charge in [0.1, 0.15) is 6.61 Å². The lowest BCUT2D eigenvalue weighted by Gasteiger charge is -1.97. The largest absolute Gasteiger partial charge is 0.281 e. The molecule has 0 N–H and O–H groups in total. The van der Waals surface area contributed by atoms with Gasteiger partial charge >= 0.3 is 0 Å². The van der Waals surface area contributed by atoms with E-state index in [9.17, 15) is 25.3 Å². The summed E-state index contributed by atoms with van der Waals surface area (Å²) in [5, 5.41) is 31.1. The number of non-ortho nitro benzene ring substituents is 1. The number of nitro benzene ring substituents is 2. The predicted molar refractivity (Wildman–Crippen MR) is 44.1 cm³/mol. The van der Waals surface area contributed by atoms with E-state index >= 15 is 0 Å². The van der Waals surface area contributed by atoms with Gasteiger partial charge in [0.25, 0.3) is 11.4 Å². The second-order valence-corrected chi connectivity index (χ2v) is 2.47. The van der Waals surface area contributed by atoms with E-state index in [4.69, 9.17) is 0 Å². The Bertz CT molecular complexity index is 390. The fourth-order valence-electron chi connectivity index (χ4n) is 0.958. The van der Waals surface area contributed by atoms with Crippen molar-refractivity contribution in [3.63, 3.8) is 0 Å². The van der Waals surface area contributed by atoms with E-state index in [0.717, 1.165) is 18.2 Å². The monoisotopic (exact) mass is 197 g/mol. The molecule has 0 atom stereocenters. The maximum atomic E-state index is 10.5. The van der Waals surface area contributed by atoms with E-state index < -0.39 is 27.8 Å². The van der Waals surface area contributed by atoms with Crippen LogP contribution in [0.4, 0.5) is 11.4 Å². The van der Waals surface area contributed by atoms with E-state index in [1.807, 2.05) is 0 Å². The SMILES string of the molecule is [O]Cc1ccc([N+](=O)[O-])cc1[N+](=O)[O-]. The van der Waals surface area contributed by atoms with Gasteiger partial charge in [-0.3, -0.25) is 20.2 Å². The highest BCUT2D eigenvalue weighted by atomic mass is 16.6. The van der Waals surface area contributed by atoms with Gasteiger partial charge in [0.15, 0.2) is 0 Å². The van der Waals surface area contributed by atoms with Crippen molar-refractivity contribution in [3.05, 3.63) is 44.0 Å². The van der Waals surface area contributed by atoms with Gasteiger partial charge in [-0.25, -0.2) is 5.11 Å². The van der Waals surface area contributed by atoms with Crippen molar-refractivity contribution in [2.75, 3.05) is 0 Å². The average molecular weight is 197 g/mol. The summed E-state index contributed by atoms with van der Waals surface area (Å²) in [7, 11) is 0. The van der Waals surface area contributed by atoms with Crippen molar-refractivity contribution < 1.29 is 15.0 Å². The van der Waals surface area contributed by atoms with Crippen LogP contribution in [0.3, 0.4) is 0 Å². The van der Waals surface area contributed by atoms with Gasteiger partial charge in [0.2, 0.25) is 0 Å². The molecule has 0 saturated carbocycles. The molecule has 1 aromatic carbocycles. The summed E-state index contributed by atoms with van der Waals surface area (Å²) in [5.41, 5.74) is -0.955. The number of rotatable bonds is 3. The second kappa shape index (κ2) is 3.79. The Hall–Kier alpha value is -2.02. The van der Waals surface area contributed by atoms with Crippen LogP contribution in [0.1, 0.15) is 5.56 Å². The van der Waals surface area contributed by atoms with E-state index in [0.29, 0.717) is 0 Å². The first-order valence-corrected chi connectivity index (χ1v) is 3.56. The zero-order chi connectivity index (χ0) is 10.7. The third kappa shape index (κ3) is 1.83. The fraction of sp³-hybridized carbons (Fsp3) is 0.143. The van der Waals surface area contributed by atoms with Crippen LogP contribution in [-0.2, 0) is 11.7 Å². The molecule has 0 bridgehead atoms. The molecule has 0 aliphatic rings. The second-order valence-electron chi connectivity index (χ2n) is 2.47. The van der Waals surface area contributed by atoms with Crippen LogP contribution >= 0.6 is 0 Å². The lowest BCUT2D eigenvalue weighted by molar-refractivity contribution is -0.394. The van der Waals surface area contributed by atoms with E-state index in [1.54, 1.807) is 0 Å². The molecular formula is C7H5N2O5. The van der Waals surface area contributed by atoms with Crippen LogP contribution in [0.2, 0.25) is 0 Å². The molecule has 0 amide bonds. The Kier molecular flexibility index (Phi) is 2.73. The quantitative estimate of drug-likeness (QED) is 0.539. The standard InChI is InChI=1S/C7H5N2O5/c10-4-5-1-2-6(8(11)12)3-7(5)9(13)14/h1-3H,4H2. The highest BCUT2D eigenvalue weighted by Crippen LogP contribution is 2.24. The number of hydrogen-bond acceptors (Lipinski definition) is 4. The molecule has 7 nitrogen and oxygen atoms in total. The van der Waals surface area contributed by atoms with Crippen LogP contribution in [0.5, 0.6) is 0 Å². The summed E-state index contributed by atoms with van der Waals surface area (Å²) in [6, 6.07) is 2.96. The minimum Gasteiger partial charge on any atom is -0.258 e. The smallest absolute Gasteiger partial charge is 0.258 e. The van der Waals surface area contributed by atoms with Crippen molar-refractivity contribution in [2.24, 2.45) is 0 Å². The topological polar surface area (TPSA) is 106 Å². The molecule has 73 valence electrons. The first kappa shape index (κ1) is 10.1. The van der Waals surface area contributed by atoms with E-state index in [2.05, 4.69) is 0 Å². The molecule has 0 heterocycles. The summed E-state index contributed by atoms with van der Waals surface area (Å²) in [5.74, 6) is 0. The molecule has 1 aromatic rings.